The van der Waals surface area contributed by atoms with Gasteiger partial charge in [0.2, 0.25) is 5.91 Å². The van der Waals surface area contributed by atoms with Crippen LogP contribution < -0.4 is 10.2 Å². The van der Waals surface area contributed by atoms with Crippen LogP contribution in [0.5, 0.6) is 0 Å². The Labute approximate surface area is 242 Å². The number of hydrogen-bond donors (Lipinski definition) is 1. The predicted molar refractivity (Wildman–Crippen MR) is 147 cm³/mol. The Morgan fingerprint density at radius 3 is 2.67 bits per heavy atom. The summed E-state index contributed by atoms with van der Waals surface area (Å²) in [5.74, 6) is -0.572. The van der Waals surface area contributed by atoms with Crippen LogP contribution in [0.15, 0.2) is 36.8 Å². The van der Waals surface area contributed by atoms with Gasteiger partial charge in [-0.2, -0.15) is 10.2 Å². The van der Waals surface area contributed by atoms with Crippen molar-refractivity contribution in [3.8, 4) is 11.3 Å². The number of anilines is 2. The summed E-state index contributed by atoms with van der Waals surface area (Å²) in [5.41, 5.74) is 0.390. The number of aromatic nitrogens is 6. The van der Waals surface area contributed by atoms with Crippen LogP contribution in [-0.4, -0.2) is 48.3 Å². The van der Waals surface area contributed by atoms with Crippen molar-refractivity contribution in [3.05, 3.63) is 75.8 Å². The second-order valence-corrected chi connectivity index (χ2v) is 10.9. The fraction of sp³-hybridized carbons (Fsp3) is 0.321. The largest absolute Gasteiger partial charge is 0.318 e. The fourth-order valence-corrected chi connectivity index (χ4v) is 5.33. The Bertz CT molecular complexity index is 1750. The van der Waals surface area contributed by atoms with Crippen molar-refractivity contribution < 1.29 is 22.8 Å². The summed E-state index contributed by atoms with van der Waals surface area (Å²) < 4.78 is 43.6. The van der Waals surface area contributed by atoms with Gasteiger partial charge < -0.3 is 5.32 Å². The molecule has 4 aromatic rings. The number of piperidine rings is 1. The average molecular weight is 597 g/mol. The highest BCUT2D eigenvalue weighted by Gasteiger charge is 2.53. The lowest BCUT2D eigenvalue weighted by atomic mass is 10.0. The molecule has 3 aromatic heterocycles. The summed E-state index contributed by atoms with van der Waals surface area (Å²) in [5, 5.41) is 15.3. The molecule has 1 saturated carbocycles. The molecule has 1 aliphatic heterocycles. The number of amides is 2. The van der Waals surface area contributed by atoms with E-state index in [-0.39, 0.29) is 40.0 Å². The van der Waals surface area contributed by atoms with Crippen LogP contribution in [0.4, 0.5) is 24.7 Å². The maximum atomic E-state index is 14.8. The van der Waals surface area contributed by atoms with E-state index in [9.17, 15) is 22.8 Å². The molecule has 216 valence electrons. The van der Waals surface area contributed by atoms with E-state index in [2.05, 4.69) is 30.6 Å². The maximum Gasteiger partial charge on any atom is 0.276 e. The number of nitrogens with zero attached hydrogens (tertiary/aromatic N) is 7. The van der Waals surface area contributed by atoms with Crippen molar-refractivity contribution in [2.24, 2.45) is 11.8 Å². The number of halogens is 4. The summed E-state index contributed by atoms with van der Waals surface area (Å²) in [6.07, 6.45) is 2.08. The van der Waals surface area contributed by atoms with Crippen LogP contribution in [-0.2, 0) is 4.79 Å². The first-order valence-electron chi connectivity index (χ1n) is 13.1. The van der Waals surface area contributed by atoms with Gasteiger partial charge in [0, 0.05) is 29.8 Å². The van der Waals surface area contributed by atoms with Gasteiger partial charge in [-0.15, -0.1) is 5.10 Å². The summed E-state index contributed by atoms with van der Waals surface area (Å²) in [4.78, 5) is 35.5. The van der Waals surface area contributed by atoms with Crippen LogP contribution in [0, 0.1) is 31.5 Å². The average Bonchev–Trinajstić information content (AvgIpc) is 3.46. The van der Waals surface area contributed by atoms with Gasteiger partial charge in [-0.25, -0.2) is 18.2 Å². The molecule has 4 heterocycles. The van der Waals surface area contributed by atoms with Crippen molar-refractivity contribution >= 4 is 34.9 Å². The summed E-state index contributed by atoms with van der Waals surface area (Å²) >= 11 is 5.83. The van der Waals surface area contributed by atoms with Crippen molar-refractivity contribution in [2.45, 2.75) is 39.7 Å². The molecule has 3 atom stereocenters. The van der Waals surface area contributed by atoms with Gasteiger partial charge in [0.1, 0.15) is 5.69 Å². The number of rotatable bonds is 7. The van der Waals surface area contributed by atoms with Crippen molar-refractivity contribution in [2.75, 3.05) is 16.8 Å². The zero-order chi connectivity index (χ0) is 29.9. The summed E-state index contributed by atoms with van der Waals surface area (Å²) in [6.45, 7) is 5.92. The minimum absolute atomic E-state index is 0.100. The van der Waals surface area contributed by atoms with Gasteiger partial charge in [-0.3, -0.25) is 24.2 Å². The Morgan fingerprint density at radius 2 is 1.98 bits per heavy atom. The van der Waals surface area contributed by atoms with Crippen LogP contribution in [0.1, 0.15) is 58.8 Å². The number of alkyl halides is 2. The fourth-order valence-electron chi connectivity index (χ4n) is 5.17. The lowest BCUT2D eigenvalue weighted by molar-refractivity contribution is -0.118. The molecular weight excluding hydrogens is 573 g/mol. The minimum atomic E-state index is -3.00. The van der Waals surface area contributed by atoms with Crippen molar-refractivity contribution in [1.82, 2.24) is 29.9 Å². The van der Waals surface area contributed by atoms with Crippen LogP contribution in [0.25, 0.3) is 11.3 Å². The molecular formula is C28H24ClF3N8O2. The van der Waals surface area contributed by atoms with Crippen LogP contribution >= 0.6 is 11.6 Å². The molecule has 0 spiro atoms. The smallest absolute Gasteiger partial charge is 0.276 e. The van der Waals surface area contributed by atoms with Gasteiger partial charge in [-0.1, -0.05) is 17.7 Å². The molecule has 42 heavy (non-hydrogen) atoms. The Hall–Kier alpha value is -4.39. The van der Waals surface area contributed by atoms with E-state index in [1.807, 2.05) is 19.9 Å². The third-order valence-corrected chi connectivity index (χ3v) is 7.92. The molecule has 0 bridgehead atoms. The van der Waals surface area contributed by atoms with Gasteiger partial charge in [-0.05, 0) is 50.8 Å². The first kappa shape index (κ1) is 27.8. The van der Waals surface area contributed by atoms with Gasteiger partial charge >= 0.3 is 0 Å². The molecule has 0 radical (unpaired) electrons. The summed E-state index contributed by atoms with van der Waals surface area (Å²) in [7, 11) is 0. The van der Waals surface area contributed by atoms with E-state index in [1.54, 1.807) is 15.8 Å². The first-order valence-corrected chi connectivity index (χ1v) is 13.5. The highest BCUT2D eigenvalue weighted by atomic mass is 35.5. The molecule has 1 saturated heterocycles. The van der Waals surface area contributed by atoms with E-state index in [0.717, 1.165) is 30.3 Å². The molecule has 1 aromatic carbocycles. The van der Waals surface area contributed by atoms with Gasteiger partial charge in [0.25, 0.3) is 12.3 Å². The van der Waals surface area contributed by atoms with E-state index in [4.69, 9.17) is 11.6 Å². The molecule has 2 fully saturated rings. The van der Waals surface area contributed by atoms with Crippen LogP contribution in [0.2, 0.25) is 5.02 Å². The van der Waals surface area contributed by atoms with E-state index in [0.29, 0.717) is 29.7 Å². The van der Waals surface area contributed by atoms with E-state index < -0.39 is 29.3 Å². The van der Waals surface area contributed by atoms with Crippen molar-refractivity contribution in [3.63, 3.8) is 0 Å². The SMILES string of the molecule is Cc1cc([C@H](C)n2cc(NC(=O)c3nc(-c4c(C(F)F)ccc(Cl)c4F)cnc3C)cn2)nnc1N1C[C@H]2C[C@H]2C1=O. The molecule has 1 aliphatic carbocycles. The quantitative estimate of drug-likeness (QED) is 0.307. The molecule has 14 heteroatoms. The van der Waals surface area contributed by atoms with Gasteiger partial charge in [0.05, 0.1) is 46.2 Å². The number of carbonyl (C=O) groups is 2. The molecule has 10 nitrogen and oxygen atoms in total. The number of benzene rings is 1. The van der Waals surface area contributed by atoms with E-state index >= 15 is 0 Å². The summed E-state index contributed by atoms with van der Waals surface area (Å²) in [6, 6.07) is 3.54. The molecule has 2 aliphatic rings. The first-order chi connectivity index (χ1) is 20.0. The topological polar surface area (TPSA) is 119 Å². The monoisotopic (exact) mass is 596 g/mol. The lowest BCUT2D eigenvalue weighted by Gasteiger charge is -2.20. The lowest BCUT2D eigenvalue weighted by Crippen LogP contribution is -2.30. The number of fused-ring (bicyclic) bond motifs is 1. The van der Waals surface area contributed by atoms with E-state index in [1.165, 1.54) is 13.1 Å². The molecule has 1 N–H and O–H groups in total. The third kappa shape index (κ3) is 4.87. The number of hydrogen-bond acceptors (Lipinski definition) is 7. The zero-order valence-corrected chi connectivity index (χ0v) is 23.4. The molecule has 0 unspecified atom stereocenters. The van der Waals surface area contributed by atoms with Gasteiger partial charge in [0.15, 0.2) is 11.6 Å². The molecule has 2 amide bonds. The predicted octanol–water partition coefficient (Wildman–Crippen LogP) is 5.32. The maximum absolute atomic E-state index is 14.8. The molecule has 6 rings (SSSR count). The van der Waals surface area contributed by atoms with Crippen LogP contribution in [0.3, 0.4) is 0 Å². The normalized spacial score (nSPS) is 18.4. The van der Waals surface area contributed by atoms with Crippen molar-refractivity contribution in [1.29, 1.82) is 0 Å². The Kier molecular flexibility index (Phi) is 6.92. The standard InChI is InChI=1S/C28H24ClF3N8O2/c1-12-6-20(37-38-26(12)39-10-15-7-18(15)28(39)42)14(3)40-11-16(8-34-40)35-27(41)24-13(2)33-9-21(36-24)22-17(25(31)32)4-5-19(29)23(22)30/h4-6,8-9,11,14-15,18,25H,7,10H2,1-3H3,(H,35,41)/t14-,15+,18+/m0/s1. The second-order valence-electron chi connectivity index (χ2n) is 10.5. The minimum Gasteiger partial charge on any atom is -0.318 e. The Morgan fingerprint density at radius 1 is 1.19 bits per heavy atom. The second kappa shape index (κ2) is 10.5. The highest BCUT2D eigenvalue weighted by molar-refractivity contribution is 6.31. The highest BCUT2D eigenvalue weighted by Crippen LogP contribution is 2.47. The number of aryl methyl sites for hydroxylation is 2. The number of nitrogens with one attached hydrogen (secondary N) is 1. The zero-order valence-electron chi connectivity index (χ0n) is 22.6. The Balaban J connectivity index is 1.20. The number of carbonyl (C=O) groups excluding carboxylic acids is 2. The third-order valence-electron chi connectivity index (χ3n) is 7.63.